The molecule has 0 aromatic carbocycles. The summed E-state index contributed by atoms with van der Waals surface area (Å²) in [6.07, 6.45) is 36.0. The molecule has 0 saturated carbocycles. The van der Waals surface area contributed by atoms with Crippen molar-refractivity contribution < 1.29 is 19.4 Å². The average molecular weight is 553 g/mol. The summed E-state index contributed by atoms with van der Waals surface area (Å²) in [6.45, 7) is 4.46. The Bertz CT molecular complexity index is 519. The third-order valence-electron chi connectivity index (χ3n) is 8.06. The molecule has 0 rings (SSSR count). The molecule has 0 aromatic rings. The largest absolute Gasteiger partial charge is 0.481 e. The lowest BCUT2D eigenvalue weighted by atomic mass is 10.0. The van der Waals surface area contributed by atoms with Crippen molar-refractivity contribution in [3.05, 3.63) is 0 Å². The minimum Gasteiger partial charge on any atom is -0.481 e. The molecule has 0 aliphatic carbocycles. The first kappa shape index (κ1) is 37.9. The van der Waals surface area contributed by atoms with Crippen molar-refractivity contribution in [3.8, 4) is 0 Å². The molecule has 0 saturated heterocycles. The van der Waals surface area contributed by atoms with E-state index in [1.165, 1.54) is 122 Å². The Hall–Kier alpha value is -1.06. The van der Waals surface area contributed by atoms with Crippen LogP contribution in [0.1, 0.15) is 206 Å². The van der Waals surface area contributed by atoms with Crippen LogP contribution >= 0.6 is 0 Å². The Labute approximate surface area is 243 Å². The van der Waals surface area contributed by atoms with E-state index in [9.17, 15) is 9.59 Å². The van der Waals surface area contributed by atoms with Crippen LogP contribution in [-0.4, -0.2) is 23.1 Å². The summed E-state index contributed by atoms with van der Waals surface area (Å²) in [4.78, 5) is 22.9. The first-order valence-corrected chi connectivity index (χ1v) is 17.5. The summed E-state index contributed by atoms with van der Waals surface area (Å²) in [6, 6.07) is 0. The molecule has 0 aliphatic rings. The second kappa shape index (κ2) is 31.5. The lowest BCUT2D eigenvalue weighted by Gasteiger charge is -2.17. The molecule has 0 heterocycles. The van der Waals surface area contributed by atoms with Gasteiger partial charge in [0, 0.05) is 12.8 Å². The average Bonchev–Trinajstić information content (AvgIpc) is 2.91. The van der Waals surface area contributed by atoms with Gasteiger partial charge >= 0.3 is 11.9 Å². The van der Waals surface area contributed by atoms with Crippen LogP contribution in [0.4, 0.5) is 0 Å². The lowest BCUT2D eigenvalue weighted by Crippen LogP contribution is -2.18. The molecule has 0 spiro atoms. The fourth-order valence-corrected chi connectivity index (χ4v) is 5.53. The molecule has 0 amide bonds. The molecule has 4 heteroatoms. The maximum atomic E-state index is 12.3. The Kier molecular flexibility index (Phi) is 30.6. The summed E-state index contributed by atoms with van der Waals surface area (Å²) in [5, 5.41) is 8.65. The summed E-state index contributed by atoms with van der Waals surface area (Å²) in [5.41, 5.74) is 0. The number of ether oxygens (including phenoxy) is 1. The predicted octanol–water partition coefficient (Wildman–Crippen LogP) is 11.7. The van der Waals surface area contributed by atoms with Gasteiger partial charge in [0.25, 0.3) is 0 Å². The van der Waals surface area contributed by atoms with Crippen molar-refractivity contribution in [3.63, 3.8) is 0 Å². The molecule has 0 fully saturated rings. The van der Waals surface area contributed by atoms with E-state index in [0.29, 0.717) is 12.8 Å². The van der Waals surface area contributed by atoms with Gasteiger partial charge in [-0.3, -0.25) is 9.59 Å². The highest BCUT2D eigenvalue weighted by Gasteiger charge is 2.13. The van der Waals surface area contributed by atoms with Crippen LogP contribution in [0, 0.1) is 0 Å². The number of hydrogen-bond donors (Lipinski definition) is 1. The molecule has 0 aliphatic heterocycles. The third-order valence-corrected chi connectivity index (χ3v) is 8.06. The summed E-state index contributed by atoms with van der Waals surface area (Å²) < 4.78 is 5.84. The molecule has 4 nitrogen and oxygen atoms in total. The van der Waals surface area contributed by atoms with Gasteiger partial charge in [-0.1, -0.05) is 162 Å². The van der Waals surface area contributed by atoms with Gasteiger partial charge in [0.15, 0.2) is 0 Å². The highest BCUT2D eigenvalue weighted by atomic mass is 16.5. The number of carbonyl (C=O) groups excluding carboxylic acids is 1. The van der Waals surface area contributed by atoms with Gasteiger partial charge in [-0.05, 0) is 32.1 Å². The molecule has 0 aromatic heterocycles. The Balaban J connectivity index is 3.52. The molecule has 1 atom stereocenters. The minimum atomic E-state index is -0.675. The van der Waals surface area contributed by atoms with Gasteiger partial charge in [0.1, 0.15) is 6.10 Å². The maximum absolute atomic E-state index is 12.3. The molecule has 1 N–H and O–H groups in total. The molecule has 1 unspecified atom stereocenters. The highest BCUT2D eigenvalue weighted by Crippen LogP contribution is 2.17. The number of unbranched alkanes of at least 4 members (excludes halogenated alkanes) is 23. The maximum Gasteiger partial charge on any atom is 0.306 e. The van der Waals surface area contributed by atoms with E-state index in [1.807, 2.05) is 0 Å². The van der Waals surface area contributed by atoms with Crippen LogP contribution in [0.2, 0.25) is 0 Å². The van der Waals surface area contributed by atoms with Crippen LogP contribution in [-0.2, 0) is 14.3 Å². The highest BCUT2D eigenvalue weighted by molar-refractivity contribution is 5.69. The van der Waals surface area contributed by atoms with Crippen LogP contribution in [0.5, 0.6) is 0 Å². The molecular formula is C35H68O4. The standard InChI is InChI=1S/C35H68O4/c1-3-5-6-7-8-9-10-11-12-13-14-19-22-25-28-32-35(38)39-33(29-4-2)30-26-23-20-17-15-16-18-21-24-27-31-34(36)37/h33H,3-32H2,1-2H3,(H,36,37). The summed E-state index contributed by atoms with van der Waals surface area (Å²) in [7, 11) is 0. The lowest BCUT2D eigenvalue weighted by molar-refractivity contribution is -0.150. The monoisotopic (exact) mass is 553 g/mol. The number of rotatable bonds is 32. The van der Waals surface area contributed by atoms with Crippen LogP contribution in [0.15, 0.2) is 0 Å². The van der Waals surface area contributed by atoms with Gasteiger partial charge in [0.05, 0.1) is 0 Å². The zero-order valence-electron chi connectivity index (χ0n) is 26.5. The molecule has 0 radical (unpaired) electrons. The first-order chi connectivity index (χ1) is 19.1. The number of carboxylic acids is 1. The first-order valence-electron chi connectivity index (χ1n) is 17.5. The zero-order chi connectivity index (χ0) is 28.7. The van der Waals surface area contributed by atoms with E-state index in [0.717, 1.165) is 57.8 Å². The number of aliphatic carboxylic acids is 1. The smallest absolute Gasteiger partial charge is 0.306 e. The van der Waals surface area contributed by atoms with E-state index in [1.54, 1.807) is 0 Å². The molecule has 0 bridgehead atoms. The van der Waals surface area contributed by atoms with E-state index < -0.39 is 5.97 Å². The Morgan fingerprint density at radius 1 is 0.462 bits per heavy atom. The summed E-state index contributed by atoms with van der Waals surface area (Å²) >= 11 is 0. The topological polar surface area (TPSA) is 63.6 Å². The quantitative estimate of drug-likeness (QED) is 0.0665. The van der Waals surface area contributed by atoms with Crippen LogP contribution in [0.3, 0.4) is 0 Å². The molecule has 39 heavy (non-hydrogen) atoms. The van der Waals surface area contributed by atoms with Gasteiger partial charge in [0.2, 0.25) is 0 Å². The van der Waals surface area contributed by atoms with Gasteiger partial charge in [-0.15, -0.1) is 0 Å². The predicted molar refractivity (Wildman–Crippen MR) is 167 cm³/mol. The molecule has 232 valence electrons. The fourth-order valence-electron chi connectivity index (χ4n) is 5.53. The van der Waals surface area contributed by atoms with Crippen LogP contribution in [0.25, 0.3) is 0 Å². The number of esters is 1. The van der Waals surface area contributed by atoms with E-state index in [-0.39, 0.29) is 12.1 Å². The number of hydrogen-bond acceptors (Lipinski definition) is 3. The number of carboxylic acid groups (broad SMARTS) is 1. The summed E-state index contributed by atoms with van der Waals surface area (Å²) in [5.74, 6) is -0.655. The second-order valence-electron chi connectivity index (χ2n) is 12.1. The second-order valence-corrected chi connectivity index (χ2v) is 12.1. The van der Waals surface area contributed by atoms with Gasteiger partial charge in [-0.25, -0.2) is 0 Å². The normalized spacial score (nSPS) is 12.1. The molecular weight excluding hydrogens is 484 g/mol. The third kappa shape index (κ3) is 31.3. The number of carbonyl (C=O) groups is 2. The fraction of sp³-hybridized carbons (Fsp3) is 0.943. The Morgan fingerprint density at radius 2 is 0.821 bits per heavy atom. The van der Waals surface area contributed by atoms with E-state index >= 15 is 0 Å². The minimum absolute atomic E-state index is 0.0199. The van der Waals surface area contributed by atoms with E-state index in [4.69, 9.17) is 9.84 Å². The van der Waals surface area contributed by atoms with Gasteiger partial charge < -0.3 is 9.84 Å². The Morgan fingerprint density at radius 3 is 1.21 bits per heavy atom. The van der Waals surface area contributed by atoms with Crippen molar-refractivity contribution in [2.75, 3.05) is 0 Å². The SMILES string of the molecule is CCCCCCCCCCCCCCCCCC(=O)OC(CCC)CCCCCCCCCCCCC(=O)O. The van der Waals surface area contributed by atoms with Crippen molar-refractivity contribution in [2.45, 2.75) is 213 Å². The van der Waals surface area contributed by atoms with Crippen molar-refractivity contribution in [1.29, 1.82) is 0 Å². The van der Waals surface area contributed by atoms with Crippen molar-refractivity contribution in [1.82, 2.24) is 0 Å². The zero-order valence-corrected chi connectivity index (χ0v) is 26.5. The van der Waals surface area contributed by atoms with Crippen LogP contribution < -0.4 is 0 Å². The van der Waals surface area contributed by atoms with E-state index in [2.05, 4.69) is 13.8 Å². The van der Waals surface area contributed by atoms with Crippen molar-refractivity contribution in [2.24, 2.45) is 0 Å². The van der Waals surface area contributed by atoms with Gasteiger partial charge in [-0.2, -0.15) is 0 Å². The van der Waals surface area contributed by atoms with Crippen molar-refractivity contribution >= 4 is 11.9 Å².